The van der Waals surface area contributed by atoms with Gasteiger partial charge < -0.3 is 15.0 Å². The number of nitrogens with zero attached hydrogens (tertiary/aromatic N) is 2. The monoisotopic (exact) mass is 301 g/mol. The molecule has 118 valence electrons. The number of aliphatic hydroxyl groups excluding tert-OH is 1. The van der Waals surface area contributed by atoms with Crippen LogP contribution in [-0.2, 0) is 6.42 Å². The van der Waals surface area contributed by atoms with Crippen LogP contribution in [0.1, 0.15) is 47.4 Å². The molecule has 0 aliphatic carbocycles. The molecule has 1 heterocycles. The molecule has 2 aromatic rings. The molecule has 1 unspecified atom stereocenters. The Hall–Kier alpha value is -2.14. The van der Waals surface area contributed by atoms with Crippen LogP contribution in [0.15, 0.2) is 30.5 Å². The Morgan fingerprint density at radius 3 is 2.55 bits per heavy atom. The van der Waals surface area contributed by atoms with Crippen molar-refractivity contribution in [3.63, 3.8) is 0 Å². The molecule has 5 nitrogen and oxygen atoms in total. The van der Waals surface area contributed by atoms with Crippen molar-refractivity contribution in [1.82, 2.24) is 14.9 Å². The number of rotatable bonds is 6. The van der Waals surface area contributed by atoms with Crippen LogP contribution in [0.4, 0.5) is 0 Å². The van der Waals surface area contributed by atoms with Gasteiger partial charge in [-0.25, -0.2) is 4.98 Å². The van der Waals surface area contributed by atoms with Crippen molar-refractivity contribution >= 4 is 5.91 Å². The maximum atomic E-state index is 12.5. The number of likely N-dealkylation sites (N-methyl/N-ethyl adjacent to an activating group) is 1. The second-order valence-electron chi connectivity index (χ2n) is 5.37. The van der Waals surface area contributed by atoms with Crippen LogP contribution in [-0.4, -0.2) is 39.0 Å². The normalized spacial score (nSPS) is 12.2. The van der Waals surface area contributed by atoms with E-state index in [1.54, 1.807) is 11.1 Å². The van der Waals surface area contributed by atoms with Crippen molar-refractivity contribution in [2.45, 2.75) is 33.3 Å². The Kier molecular flexibility index (Phi) is 5.33. The molecule has 5 heteroatoms. The molecule has 0 aliphatic heterocycles. The van der Waals surface area contributed by atoms with Gasteiger partial charge in [-0.2, -0.15) is 0 Å². The lowest BCUT2D eigenvalue weighted by Crippen LogP contribution is -2.34. The number of hydrogen-bond donors (Lipinski definition) is 2. The lowest BCUT2D eigenvalue weighted by atomic mass is 10.1. The molecule has 1 aromatic heterocycles. The quantitative estimate of drug-likeness (QED) is 0.861. The van der Waals surface area contributed by atoms with Gasteiger partial charge in [0, 0.05) is 13.0 Å². The Labute approximate surface area is 131 Å². The largest absolute Gasteiger partial charge is 0.387 e. The van der Waals surface area contributed by atoms with E-state index in [-0.39, 0.29) is 12.5 Å². The molecular formula is C17H23N3O2. The minimum absolute atomic E-state index is 0.138. The number of aliphatic hydroxyl groups is 1. The highest BCUT2D eigenvalue weighted by Crippen LogP contribution is 2.16. The molecule has 1 atom stereocenters. The minimum Gasteiger partial charge on any atom is -0.387 e. The van der Waals surface area contributed by atoms with Gasteiger partial charge in [-0.05, 0) is 19.4 Å². The van der Waals surface area contributed by atoms with Crippen molar-refractivity contribution in [3.8, 4) is 0 Å². The molecule has 0 fully saturated rings. The number of H-pyrrole nitrogens is 1. The first-order chi connectivity index (χ1) is 10.5. The van der Waals surface area contributed by atoms with Crippen LogP contribution in [0, 0.1) is 6.92 Å². The maximum Gasteiger partial charge on any atom is 0.272 e. The Morgan fingerprint density at radius 2 is 2.00 bits per heavy atom. The second kappa shape index (κ2) is 7.22. The van der Waals surface area contributed by atoms with Crippen LogP contribution >= 0.6 is 0 Å². The molecule has 22 heavy (non-hydrogen) atoms. The van der Waals surface area contributed by atoms with E-state index in [1.807, 2.05) is 45.0 Å². The predicted molar refractivity (Wildman–Crippen MR) is 85.7 cm³/mol. The van der Waals surface area contributed by atoms with E-state index in [0.29, 0.717) is 12.2 Å². The van der Waals surface area contributed by atoms with Gasteiger partial charge in [-0.3, -0.25) is 4.79 Å². The van der Waals surface area contributed by atoms with Crippen molar-refractivity contribution < 1.29 is 9.90 Å². The van der Waals surface area contributed by atoms with Gasteiger partial charge >= 0.3 is 0 Å². The number of aryl methyl sites for hydroxylation is 2. The number of hydrogen-bond acceptors (Lipinski definition) is 3. The summed E-state index contributed by atoms with van der Waals surface area (Å²) in [7, 11) is 0. The minimum atomic E-state index is -0.696. The molecular weight excluding hydrogens is 278 g/mol. The first-order valence-electron chi connectivity index (χ1n) is 7.62. The summed E-state index contributed by atoms with van der Waals surface area (Å²) >= 11 is 0. The van der Waals surface area contributed by atoms with E-state index in [2.05, 4.69) is 9.97 Å². The molecule has 0 saturated carbocycles. The molecule has 2 N–H and O–H groups in total. The van der Waals surface area contributed by atoms with E-state index in [0.717, 1.165) is 23.4 Å². The van der Waals surface area contributed by atoms with E-state index in [9.17, 15) is 9.90 Å². The van der Waals surface area contributed by atoms with Gasteiger partial charge in [0.05, 0.1) is 18.8 Å². The summed E-state index contributed by atoms with van der Waals surface area (Å²) in [4.78, 5) is 21.3. The summed E-state index contributed by atoms with van der Waals surface area (Å²) in [6.07, 6.45) is 1.62. The fourth-order valence-electron chi connectivity index (χ4n) is 2.28. The first-order valence-corrected chi connectivity index (χ1v) is 7.62. The number of carbonyl (C=O) groups is 1. The van der Waals surface area contributed by atoms with Crippen molar-refractivity contribution in [2.75, 3.05) is 13.1 Å². The standard InChI is InChI=1S/C17H23N3O2/c1-4-16-18-10-14(19-16)17(22)20(5-2)11-15(21)13-8-6-12(3)7-9-13/h6-10,15,21H,4-5,11H2,1-3H3,(H,18,19). The molecule has 1 amide bonds. The summed E-state index contributed by atoms with van der Waals surface area (Å²) in [5.41, 5.74) is 2.43. The van der Waals surface area contributed by atoms with Gasteiger partial charge in [0.2, 0.25) is 0 Å². The summed E-state index contributed by atoms with van der Waals surface area (Å²) < 4.78 is 0. The van der Waals surface area contributed by atoms with Crippen LogP contribution in [0.3, 0.4) is 0 Å². The lowest BCUT2D eigenvalue weighted by Gasteiger charge is -2.23. The summed E-state index contributed by atoms with van der Waals surface area (Å²) in [6, 6.07) is 7.70. The fourth-order valence-corrected chi connectivity index (χ4v) is 2.28. The second-order valence-corrected chi connectivity index (χ2v) is 5.37. The van der Waals surface area contributed by atoms with Gasteiger partial charge in [-0.15, -0.1) is 0 Å². The molecule has 1 aromatic carbocycles. The zero-order valence-electron chi connectivity index (χ0n) is 13.3. The SMILES string of the molecule is CCc1ncc(C(=O)N(CC)CC(O)c2ccc(C)cc2)[nH]1. The zero-order chi connectivity index (χ0) is 16.1. The summed E-state index contributed by atoms with van der Waals surface area (Å²) in [5.74, 6) is 0.652. The van der Waals surface area contributed by atoms with Gasteiger partial charge in [0.25, 0.3) is 5.91 Å². The van der Waals surface area contributed by atoms with Crippen molar-refractivity contribution in [1.29, 1.82) is 0 Å². The first kappa shape index (κ1) is 16.2. The maximum absolute atomic E-state index is 12.5. The number of nitrogens with one attached hydrogen (secondary N) is 1. The Bertz CT molecular complexity index is 619. The topological polar surface area (TPSA) is 69.2 Å². The Morgan fingerprint density at radius 1 is 1.32 bits per heavy atom. The molecule has 0 aliphatic rings. The smallest absolute Gasteiger partial charge is 0.272 e. The number of aromatic nitrogens is 2. The number of imidazole rings is 1. The van der Waals surface area contributed by atoms with E-state index < -0.39 is 6.10 Å². The van der Waals surface area contributed by atoms with E-state index >= 15 is 0 Å². The highest BCUT2D eigenvalue weighted by atomic mass is 16.3. The number of aromatic amines is 1. The van der Waals surface area contributed by atoms with E-state index in [1.165, 1.54) is 0 Å². The predicted octanol–water partition coefficient (Wildman–Crippen LogP) is 2.48. The third kappa shape index (κ3) is 3.74. The van der Waals surface area contributed by atoms with Crippen molar-refractivity contribution in [2.24, 2.45) is 0 Å². The molecule has 0 bridgehead atoms. The summed E-state index contributed by atoms with van der Waals surface area (Å²) in [6.45, 7) is 6.67. The van der Waals surface area contributed by atoms with Crippen LogP contribution in [0.25, 0.3) is 0 Å². The number of carbonyl (C=O) groups excluding carboxylic acids is 1. The molecule has 0 saturated heterocycles. The van der Waals surface area contributed by atoms with Gasteiger partial charge in [0.15, 0.2) is 0 Å². The third-order valence-corrected chi connectivity index (χ3v) is 3.72. The van der Waals surface area contributed by atoms with Gasteiger partial charge in [0.1, 0.15) is 11.5 Å². The third-order valence-electron chi connectivity index (χ3n) is 3.72. The molecule has 0 radical (unpaired) electrons. The number of benzene rings is 1. The lowest BCUT2D eigenvalue weighted by molar-refractivity contribution is 0.0630. The average Bonchev–Trinajstić information content (AvgIpc) is 3.01. The van der Waals surface area contributed by atoms with Crippen LogP contribution < -0.4 is 0 Å². The van der Waals surface area contributed by atoms with E-state index in [4.69, 9.17) is 0 Å². The number of amides is 1. The van der Waals surface area contributed by atoms with Crippen LogP contribution in [0.2, 0.25) is 0 Å². The van der Waals surface area contributed by atoms with Crippen molar-refractivity contribution in [3.05, 3.63) is 53.1 Å². The highest BCUT2D eigenvalue weighted by molar-refractivity contribution is 5.92. The molecule has 2 rings (SSSR count). The average molecular weight is 301 g/mol. The molecule has 0 spiro atoms. The fraction of sp³-hybridized carbons (Fsp3) is 0.412. The van der Waals surface area contributed by atoms with Gasteiger partial charge in [-0.1, -0.05) is 36.8 Å². The zero-order valence-corrected chi connectivity index (χ0v) is 13.3. The summed E-state index contributed by atoms with van der Waals surface area (Å²) in [5, 5.41) is 10.3. The van der Waals surface area contributed by atoms with Crippen LogP contribution in [0.5, 0.6) is 0 Å². The Balaban J connectivity index is 2.07. The highest BCUT2D eigenvalue weighted by Gasteiger charge is 2.20.